The zero-order valence-corrected chi connectivity index (χ0v) is 12.9. The van der Waals surface area contributed by atoms with Crippen LogP contribution in [0.2, 0.25) is 5.02 Å². The number of rotatable bonds is 4. The Labute approximate surface area is 140 Å². The largest absolute Gasteiger partial charge is 0.507 e. The van der Waals surface area contributed by atoms with Gasteiger partial charge in [-0.05, 0) is 29.8 Å². The molecule has 1 amide bonds. The van der Waals surface area contributed by atoms with Crippen LogP contribution in [0.15, 0.2) is 42.5 Å². The number of carbonyl (C=O) groups excluding carboxylic acids is 1. The molecule has 0 aliphatic rings. The average Bonchev–Trinajstić information content (AvgIpc) is 2.53. The number of hydrogen-bond donors (Lipinski definition) is 3. The molecule has 3 N–H and O–H groups in total. The van der Waals surface area contributed by atoms with E-state index in [2.05, 4.69) is 5.32 Å². The molecule has 0 spiro atoms. The van der Waals surface area contributed by atoms with Crippen LogP contribution in [-0.2, 0) is 6.18 Å². The molecule has 8 heteroatoms. The zero-order valence-electron chi connectivity index (χ0n) is 12.1. The van der Waals surface area contributed by atoms with E-state index in [1.807, 2.05) is 0 Å². The summed E-state index contributed by atoms with van der Waals surface area (Å²) in [7, 11) is 0. The summed E-state index contributed by atoms with van der Waals surface area (Å²) >= 11 is 5.72. The minimum absolute atomic E-state index is 0.140. The number of phenols is 1. The van der Waals surface area contributed by atoms with Crippen LogP contribution in [0.5, 0.6) is 5.75 Å². The summed E-state index contributed by atoms with van der Waals surface area (Å²) in [6.45, 7) is -0.460. The van der Waals surface area contributed by atoms with E-state index in [4.69, 9.17) is 11.6 Å². The molecular formula is C16H13ClF3NO3. The Hall–Kier alpha value is -2.25. The highest BCUT2D eigenvalue weighted by Gasteiger charge is 2.34. The number of aliphatic hydroxyl groups excluding tert-OH is 1. The van der Waals surface area contributed by atoms with E-state index < -0.39 is 30.3 Å². The highest BCUT2D eigenvalue weighted by molar-refractivity contribution is 6.31. The fraction of sp³-hybridized carbons (Fsp3) is 0.188. The van der Waals surface area contributed by atoms with Crippen LogP contribution in [0.4, 0.5) is 13.2 Å². The molecule has 1 unspecified atom stereocenters. The minimum Gasteiger partial charge on any atom is -0.507 e. The fourth-order valence-corrected chi connectivity index (χ4v) is 2.30. The first-order chi connectivity index (χ1) is 11.2. The second-order valence-corrected chi connectivity index (χ2v) is 5.41. The molecule has 0 aliphatic carbocycles. The van der Waals surface area contributed by atoms with Crippen molar-refractivity contribution in [2.45, 2.75) is 12.3 Å². The van der Waals surface area contributed by atoms with Gasteiger partial charge in [0.1, 0.15) is 5.75 Å². The van der Waals surface area contributed by atoms with Crippen molar-refractivity contribution in [2.24, 2.45) is 0 Å². The van der Waals surface area contributed by atoms with Gasteiger partial charge in [-0.3, -0.25) is 4.79 Å². The number of aromatic hydroxyl groups is 1. The summed E-state index contributed by atoms with van der Waals surface area (Å²) in [6, 6.07) is 8.36. The summed E-state index contributed by atoms with van der Waals surface area (Å²) in [4.78, 5) is 12.0. The third-order valence-electron chi connectivity index (χ3n) is 3.28. The first-order valence-electron chi connectivity index (χ1n) is 6.81. The van der Waals surface area contributed by atoms with Gasteiger partial charge < -0.3 is 15.5 Å². The van der Waals surface area contributed by atoms with Gasteiger partial charge >= 0.3 is 6.18 Å². The van der Waals surface area contributed by atoms with Crippen LogP contribution in [0.3, 0.4) is 0 Å². The van der Waals surface area contributed by atoms with Gasteiger partial charge in [-0.1, -0.05) is 29.8 Å². The van der Waals surface area contributed by atoms with Crippen LogP contribution >= 0.6 is 11.6 Å². The smallest absolute Gasteiger partial charge is 0.416 e. The van der Waals surface area contributed by atoms with Gasteiger partial charge in [0.15, 0.2) is 0 Å². The molecule has 24 heavy (non-hydrogen) atoms. The normalized spacial score (nSPS) is 12.7. The second-order valence-electron chi connectivity index (χ2n) is 4.97. The summed E-state index contributed by atoms with van der Waals surface area (Å²) in [5, 5.41) is 22.1. The molecule has 2 aromatic rings. The topological polar surface area (TPSA) is 69.6 Å². The number of carbonyl (C=O) groups is 1. The predicted octanol–water partition coefficient (Wildman–Crippen LogP) is 3.53. The average molecular weight is 360 g/mol. The van der Waals surface area contributed by atoms with E-state index in [9.17, 15) is 28.2 Å². The first-order valence-corrected chi connectivity index (χ1v) is 7.19. The Morgan fingerprint density at radius 3 is 2.54 bits per heavy atom. The lowest BCUT2D eigenvalue weighted by molar-refractivity contribution is -0.139. The Balaban J connectivity index is 2.13. The number of halogens is 4. The van der Waals surface area contributed by atoms with E-state index in [-0.39, 0.29) is 21.9 Å². The SMILES string of the molecule is O=C(NCC(O)c1ccccc1C(F)(F)F)c1cc(Cl)ccc1O. The van der Waals surface area contributed by atoms with Crippen molar-refractivity contribution in [3.63, 3.8) is 0 Å². The van der Waals surface area contributed by atoms with Crippen molar-refractivity contribution in [2.75, 3.05) is 6.54 Å². The van der Waals surface area contributed by atoms with Gasteiger partial charge in [0.25, 0.3) is 5.91 Å². The van der Waals surface area contributed by atoms with Gasteiger partial charge in [-0.2, -0.15) is 13.2 Å². The third-order valence-corrected chi connectivity index (χ3v) is 3.52. The molecule has 2 aromatic carbocycles. The molecule has 0 heterocycles. The summed E-state index contributed by atoms with van der Waals surface area (Å²) in [6.07, 6.45) is -6.18. The monoisotopic (exact) mass is 359 g/mol. The second kappa shape index (κ2) is 7.11. The third kappa shape index (κ3) is 4.18. The van der Waals surface area contributed by atoms with Crippen LogP contribution in [-0.4, -0.2) is 22.7 Å². The lowest BCUT2D eigenvalue weighted by Gasteiger charge is -2.18. The lowest BCUT2D eigenvalue weighted by atomic mass is 10.0. The van der Waals surface area contributed by atoms with E-state index in [0.29, 0.717) is 0 Å². The van der Waals surface area contributed by atoms with Crippen molar-refractivity contribution < 1.29 is 28.2 Å². The first kappa shape index (κ1) is 18.1. The predicted molar refractivity (Wildman–Crippen MR) is 81.9 cm³/mol. The molecule has 0 bridgehead atoms. The van der Waals surface area contributed by atoms with Crippen molar-refractivity contribution >= 4 is 17.5 Å². The molecule has 0 radical (unpaired) electrons. The van der Waals surface area contributed by atoms with Gasteiger partial charge in [-0.15, -0.1) is 0 Å². The lowest BCUT2D eigenvalue weighted by Crippen LogP contribution is -2.29. The Morgan fingerprint density at radius 1 is 1.21 bits per heavy atom. The maximum atomic E-state index is 12.9. The maximum absolute atomic E-state index is 12.9. The quantitative estimate of drug-likeness (QED) is 0.782. The Morgan fingerprint density at radius 2 is 1.88 bits per heavy atom. The van der Waals surface area contributed by atoms with Crippen molar-refractivity contribution in [3.8, 4) is 5.75 Å². The fourth-order valence-electron chi connectivity index (χ4n) is 2.13. The highest BCUT2D eigenvalue weighted by Crippen LogP contribution is 2.34. The molecule has 1 atom stereocenters. The number of hydrogen-bond acceptors (Lipinski definition) is 3. The van der Waals surface area contributed by atoms with Gasteiger partial charge in [-0.25, -0.2) is 0 Å². The van der Waals surface area contributed by atoms with Crippen molar-refractivity contribution in [3.05, 3.63) is 64.2 Å². The highest BCUT2D eigenvalue weighted by atomic mass is 35.5. The van der Waals surface area contributed by atoms with E-state index >= 15 is 0 Å². The molecule has 128 valence electrons. The number of benzene rings is 2. The molecule has 0 saturated heterocycles. The minimum atomic E-state index is -4.62. The van der Waals surface area contributed by atoms with Crippen LogP contribution < -0.4 is 5.32 Å². The van der Waals surface area contributed by atoms with Crippen LogP contribution in [0.1, 0.15) is 27.6 Å². The molecular weight excluding hydrogens is 347 g/mol. The maximum Gasteiger partial charge on any atom is 0.416 e. The summed E-state index contributed by atoms with van der Waals surface area (Å²) in [5.41, 5.74) is -1.46. The number of aliphatic hydroxyl groups is 1. The van der Waals surface area contributed by atoms with Crippen molar-refractivity contribution in [1.29, 1.82) is 0 Å². The van der Waals surface area contributed by atoms with E-state index in [1.54, 1.807) is 0 Å². The van der Waals surface area contributed by atoms with Gasteiger partial charge in [0.05, 0.1) is 17.2 Å². The van der Waals surface area contributed by atoms with E-state index in [0.717, 1.165) is 12.1 Å². The number of phenolic OH excluding ortho intramolecular Hbond substituents is 1. The molecule has 0 aromatic heterocycles. The number of alkyl halides is 3. The molecule has 0 aliphatic heterocycles. The number of amides is 1. The summed E-state index contributed by atoms with van der Waals surface area (Å²) in [5.74, 6) is -1.10. The summed E-state index contributed by atoms with van der Waals surface area (Å²) < 4.78 is 38.8. The molecule has 0 saturated carbocycles. The van der Waals surface area contributed by atoms with Crippen molar-refractivity contribution in [1.82, 2.24) is 5.32 Å². The van der Waals surface area contributed by atoms with Crippen LogP contribution in [0.25, 0.3) is 0 Å². The molecule has 2 rings (SSSR count). The Kier molecular flexibility index (Phi) is 5.36. The van der Waals surface area contributed by atoms with Gasteiger partial charge in [0.2, 0.25) is 0 Å². The molecule has 0 fully saturated rings. The molecule has 4 nitrogen and oxygen atoms in total. The standard InChI is InChI=1S/C16H13ClF3NO3/c17-9-5-6-13(22)11(7-9)15(24)21-8-14(23)10-3-1-2-4-12(10)16(18,19)20/h1-7,14,22-23H,8H2,(H,21,24). The van der Waals surface area contributed by atoms with E-state index in [1.165, 1.54) is 30.3 Å². The van der Waals surface area contributed by atoms with Gasteiger partial charge in [0, 0.05) is 11.6 Å². The number of nitrogens with one attached hydrogen (secondary N) is 1. The Bertz CT molecular complexity index is 750. The van der Waals surface area contributed by atoms with Crippen LogP contribution in [0, 0.1) is 0 Å². The zero-order chi connectivity index (χ0) is 17.9.